The molecule has 0 aliphatic heterocycles. The summed E-state index contributed by atoms with van der Waals surface area (Å²) < 4.78 is 11.0. The van der Waals surface area contributed by atoms with Crippen LogP contribution < -0.4 is 5.73 Å². The van der Waals surface area contributed by atoms with Gasteiger partial charge in [-0.1, -0.05) is 0 Å². The second-order valence-corrected chi connectivity index (χ2v) is 9.31. The topological polar surface area (TPSA) is 164 Å². The second kappa shape index (κ2) is 4.00. The molecule has 0 aromatic rings. The fourth-order valence-electron chi connectivity index (χ4n) is 1.05. The Morgan fingerprint density at radius 3 is 1.93 bits per heavy atom. The van der Waals surface area contributed by atoms with Gasteiger partial charge in [-0.05, 0) is 0 Å². The van der Waals surface area contributed by atoms with Gasteiger partial charge in [-0.3, -0.25) is 0 Å². The van der Waals surface area contributed by atoms with Crippen LogP contribution >= 0.6 is 14.9 Å². The monoisotopic (exact) mass is 265 g/mol. The summed E-state index contributed by atoms with van der Waals surface area (Å²) in [5, 5.41) is 6.31. The summed E-state index contributed by atoms with van der Waals surface area (Å²) in [4.78, 5) is 45.3. The Hall–Kier alpha value is 0.380. The molecule has 0 aromatic heterocycles. The van der Waals surface area contributed by atoms with Gasteiger partial charge in [0.1, 0.15) is 0 Å². The normalized spacial score (nSPS) is 20.4. The Kier molecular flexibility index (Phi) is 4.10. The molecule has 0 saturated carbocycles. The van der Waals surface area contributed by atoms with E-state index in [1.165, 1.54) is 0 Å². The average molecular weight is 265 g/mol. The molecule has 0 fully saturated rings. The van der Waals surface area contributed by atoms with E-state index in [2.05, 4.69) is 0 Å². The van der Waals surface area contributed by atoms with Crippen LogP contribution in [0.15, 0.2) is 0 Å². The fourth-order valence-corrected chi connectivity index (χ4v) is 4.62. The molecule has 0 amide bonds. The van der Waals surface area contributed by atoms with E-state index in [9.17, 15) is 24.4 Å². The summed E-state index contributed by atoms with van der Waals surface area (Å²) in [5.74, 6) is 0. The summed E-state index contributed by atoms with van der Waals surface area (Å²) >= 11 is 0. The number of hydrogen-bond donors (Lipinski definition) is 7. The van der Waals surface area contributed by atoms with Crippen LogP contribution in [0.5, 0.6) is 0 Å². The molecular weight excluding hydrogens is 248 g/mol. The fraction of sp³-hybridized carbons (Fsp3) is 1.00. The van der Waals surface area contributed by atoms with Crippen LogP contribution in [0.25, 0.3) is 0 Å². The van der Waals surface area contributed by atoms with Gasteiger partial charge in [0.25, 0.3) is 0 Å². The molecule has 0 bridgehead atoms. The zero-order valence-electron chi connectivity index (χ0n) is 8.18. The van der Waals surface area contributed by atoms with Gasteiger partial charge in [-0.15, -0.1) is 0 Å². The van der Waals surface area contributed by atoms with Crippen molar-refractivity contribution in [2.24, 2.45) is 5.73 Å². The van der Waals surface area contributed by atoms with Crippen molar-refractivity contribution in [2.75, 3.05) is 13.2 Å². The van der Waals surface area contributed by atoms with Crippen LogP contribution in [0.2, 0.25) is 0 Å². The van der Waals surface area contributed by atoms with Gasteiger partial charge < -0.3 is 0 Å². The zero-order valence-corrected chi connectivity index (χ0v) is 9.97. The van der Waals surface area contributed by atoms with Gasteiger partial charge in [0.05, 0.1) is 0 Å². The van der Waals surface area contributed by atoms with E-state index in [1.807, 2.05) is 0 Å². The van der Waals surface area contributed by atoms with E-state index in [4.69, 9.17) is 15.5 Å². The number of rotatable bonds is 5. The molecule has 0 spiro atoms. The van der Waals surface area contributed by atoms with E-state index in [0.717, 1.165) is 0 Å². The van der Waals surface area contributed by atoms with Crippen molar-refractivity contribution in [1.82, 2.24) is 0 Å². The zero-order chi connectivity index (χ0) is 12.6. The standard InChI is InChI=1S/C5H17NO7P2/c1-15(11,12,13)5(7,3-2-4-6)14(8,9)10/h7,11-13H,2-4,6H2,1H3,(H2,8,9,10). The molecule has 94 valence electrons. The Balaban J connectivity index is 5.34. The summed E-state index contributed by atoms with van der Waals surface area (Å²) in [6, 6.07) is 0. The third-order valence-corrected chi connectivity index (χ3v) is 7.27. The molecule has 0 aliphatic carbocycles. The predicted octanol–water partition coefficient (Wildman–Crippen LogP) is -1.55. The third kappa shape index (κ3) is 3.17. The van der Waals surface area contributed by atoms with E-state index < -0.39 is 26.4 Å². The summed E-state index contributed by atoms with van der Waals surface area (Å²) in [6.45, 7) is 0.399. The maximum absolute atomic E-state index is 11.0. The molecular formula is C5H17NO7P2. The third-order valence-electron chi connectivity index (χ3n) is 2.02. The number of nitrogens with two attached hydrogens (primary N) is 1. The van der Waals surface area contributed by atoms with Crippen molar-refractivity contribution in [3.05, 3.63) is 0 Å². The summed E-state index contributed by atoms with van der Waals surface area (Å²) in [5.41, 5.74) is 5.07. The molecule has 0 saturated heterocycles. The predicted molar refractivity (Wildman–Crippen MR) is 54.8 cm³/mol. The van der Waals surface area contributed by atoms with Gasteiger partial charge in [0, 0.05) is 0 Å². The molecule has 0 heterocycles. The first-order valence-electron chi connectivity index (χ1n) is 4.06. The van der Waals surface area contributed by atoms with Gasteiger partial charge in [0.15, 0.2) is 0 Å². The van der Waals surface area contributed by atoms with Gasteiger partial charge in [-0.2, -0.15) is 0 Å². The molecule has 8 nitrogen and oxygen atoms in total. The van der Waals surface area contributed by atoms with Gasteiger partial charge >= 0.3 is 85.9 Å². The van der Waals surface area contributed by atoms with Crippen LogP contribution in [0.1, 0.15) is 12.8 Å². The SMILES string of the molecule is CP(O)(O)(O)C(O)(CCCN)P(=O)(O)O. The molecule has 10 heteroatoms. The average Bonchev–Trinajstić information content (AvgIpc) is 1.93. The minimum atomic E-state index is -5.82. The van der Waals surface area contributed by atoms with E-state index in [-0.39, 0.29) is 13.0 Å². The van der Waals surface area contributed by atoms with Crippen molar-refractivity contribution < 1.29 is 34.1 Å². The number of aliphatic hydroxyl groups is 1. The van der Waals surface area contributed by atoms with Gasteiger partial charge in [-0.25, -0.2) is 0 Å². The van der Waals surface area contributed by atoms with Crippen molar-refractivity contribution in [1.29, 1.82) is 0 Å². The Morgan fingerprint density at radius 1 is 1.33 bits per heavy atom. The van der Waals surface area contributed by atoms with E-state index in [1.54, 1.807) is 0 Å². The quantitative estimate of drug-likeness (QED) is 0.293. The first-order valence-corrected chi connectivity index (χ1v) is 8.22. The minimum absolute atomic E-state index is 0.0190. The van der Waals surface area contributed by atoms with Crippen LogP contribution in [0, 0.1) is 0 Å². The van der Waals surface area contributed by atoms with Crippen molar-refractivity contribution in [3.8, 4) is 0 Å². The molecule has 0 radical (unpaired) electrons. The van der Waals surface area contributed by atoms with E-state index >= 15 is 0 Å². The molecule has 0 aromatic carbocycles. The van der Waals surface area contributed by atoms with Crippen molar-refractivity contribution in [3.63, 3.8) is 0 Å². The Morgan fingerprint density at radius 2 is 1.73 bits per heavy atom. The Labute approximate surface area is 86.7 Å². The van der Waals surface area contributed by atoms with Gasteiger partial charge in [0.2, 0.25) is 0 Å². The number of hydrogen-bond acceptors (Lipinski definition) is 6. The summed E-state index contributed by atoms with van der Waals surface area (Å²) in [6.07, 6.45) is -0.777. The molecule has 1 atom stereocenters. The second-order valence-electron chi connectivity index (χ2n) is 3.60. The van der Waals surface area contributed by atoms with E-state index in [0.29, 0.717) is 6.66 Å². The maximum atomic E-state index is 11.0. The summed E-state index contributed by atoms with van der Waals surface area (Å²) in [7, 11) is -11.1. The first-order chi connectivity index (χ1) is 6.32. The molecule has 0 aliphatic rings. The van der Waals surface area contributed by atoms with Crippen LogP contribution in [0.4, 0.5) is 0 Å². The van der Waals surface area contributed by atoms with Crippen molar-refractivity contribution >= 4 is 14.9 Å². The first kappa shape index (κ1) is 15.4. The molecule has 1 unspecified atom stereocenters. The van der Waals surface area contributed by atoms with Crippen LogP contribution in [0.3, 0.4) is 0 Å². The van der Waals surface area contributed by atoms with Crippen molar-refractivity contribution in [2.45, 2.75) is 17.9 Å². The molecule has 8 N–H and O–H groups in total. The van der Waals surface area contributed by atoms with Crippen LogP contribution in [-0.2, 0) is 4.57 Å². The Bertz CT molecular complexity index is 272. The van der Waals surface area contributed by atoms with Crippen LogP contribution in [-0.4, -0.2) is 47.9 Å². The molecule has 15 heavy (non-hydrogen) atoms. The molecule has 0 rings (SSSR count).